The molecule has 1 rings (SSSR count). The summed E-state index contributed by atoms with van der Waals surface area (Å²) < 4.78 is 10.4. The molecule has 6 nitrogen and oxygen atoms in total. The normalized spacial score (nSPS) is 11.9. The van der Waals surface area contributed by atoms with E-state index in [0.717, 1.165) is 5.56 Å². The quantitative estimate of drug-likeness (QED) is 0.728. The zero-order valence-corrected chi connectivity index (χ0v) is 14.1. The van der Waals surface area contributed by atoms with Crippen molar-refractivity contribution in [1.82, 2.24) is 5.32 Å². The molecule has 1 atom stereocenters. The molecule has 0 radical (unpaired) electrons. The Hall–Kier alpha value is -2.24. The first-order valence-electron chi connectivity index (χ1n) is 7.60. The maximum atomic E-state index is 12.0. The Kier molecular flexibility index (Phi) is 7.38. The minimum atomic E-state index is -1.01. The van der Waals surface area contributed by atoms with Crippen LogP contribution in [0.25, 0.3) is 0 Å². The fourth-order valence-corrected chi connectivity index (χ4v) is 2.28. The van der Waals surface area contributed by atoms with Gasteiger partial charge in [0.25, 0.3) is 0 Å². The Morgan fingerprint density at radius 1 is 1.22 bits per heavy atom. The van der Waals surface area contributed by atoms with Crippen molar-refractivity contribution in [3.63, 3.8) is 0 Å². The second-order valence-electron chi connectivity index (χ2n) is 5.77. The van der Waals surface area contributed by atoms with Crippen LogP contribution < -0.4 is 14.8 Å². The van der Waals surface area contributed by atoms with Gasteiger partial charge in [0.1, 0.15) is 17.5 Å². The fourth-order valence-electron chi connectivity index (χ4n) is 2.28. The van der Waals surface area contributed by atoms with E-state index in [1.807, 2.05) is 19.9 Å². The Balaban J connectivity index is 2.66. The van der Waals surface area contributed by atoms with Gasteiger partial charge in [-0.25, -0.2) is 4.79 Å². The van der Waals surface area contributed by atoms with Gasteiger partial charge < -0.3 is 19.9 Å². The van der Waals surface area contributed by atoms with Gasteiger partial charge in [0.15, 0.2) is 0 Å². The lowest BCUT2D eigenvalue weighted by atomic mass is 10.0. The lowest BCUT2D eigenvalue weighted by Gasteiger charge is -2.16. The number of aryl methyl sites for hydroxylation is 1. The van der Waals surface area contributed by atoms with E-state index in [0.29, 0.717) is 24.3 Å². The standard InChI is InChI=1S/C17H25NO5/c1-11(2)9-14(17(20)21)18-16(19)8-5-12-10-13(22-3)6-7-15(12)23-4/h6-7,10-11,14H,5,8-9H2,1-4H3,(H,18,19)(H,20,21). The summed E-state index contributed by atoms with van der Waals surface area (Å²) in [4.78, 5) is 23.2. The number of carboxylic acids is 1. The number of nitrogens with one attached hydrogen (secondary N) is 1. The molecule has 2 N–H and O–H groups in total. The van der Waals surface area contributed by atoms with Crippen molar-refractivity contribution >= 4 is 11.9 Å². The smallest absolute Gasteiger partial charge is 0.326 e. The molecule has 0 fully saturated rings. The third-order valence-corrected chi connectivity index (χ3v) is 3.45. The molecule has 0 aliphatic heterocycles. The maximum Gasteiger partial charge on any atom is 0.326 e. The van der Waals surface area contributed by atoms with Crippen molar-refractivity contribution < 1.29 is 24.2 Å². The summed E-state index contributed by atoms with van der Waals surface area (Å²) in [5.74, 6) is 0.254. The van der Waals surface area contributed by atoms with E-state index in [2.05, 4.69) is 5.32 Å². The molecule has 0 saturated carbocycles. The van der Waals surface area contributed by atoms with E-state index in [1.165, 1.54) is 0 Å². The van der Waals surface area contributed by atoms with Crippen LogP contribution >= 0.6 is 0 Å². The molecule has 1 amide bonds. The topological polar surface area (TPSA) is 84.9 Å². The van der Waals surface area contributed by atoms with Crippen LogP contribution in [0.3, 0.4) is 0 Å². The Bertz CT molecular complexity index is 542. The molecule has 1 aromatic rings. The minimum Gasteiger partial charge on any atom is -0.497 e. The van der Waals surface area contributed by atoms with Crippen LogP contribution in [0.15, 0.2) is 18.2 Å². The number of carbonyl (C=O) groups excluding carboxylic acids is 1. The fraction of sp³-hybridized carbons (Fsp3) is 0.529. The van der Waals surface area contributed by atoms with E-state index < -0.39 is 12.0 Å². The summed E-state index contributed by atoms with van der Waals surface area (Å²) in [6.45, 7) is 3.84. The number of methoxy groups -OCH3 is 2. The van der Waals surface area contributed by atoms with Gasteiger partial charge >= 0.3 is 5.97 Å². The van der Waals surface area contributed by atoms with Crippen LogP contribution in [0.5, 0.6) is 11.5 Å². The van der Waals surface area contributed by atoms with Crippen LogP contribution in [-0.2, 0) is 16.0 Å². The summed E-state index contributed by atoms with van der Waals surface area (Å²) in [6, 6.07) is 4.53. The summed E-state index contributed by atoms with van der Waals surface area (Å²) >= 11 is 0. The molecular weight excluding hydrogens is 298 g/mol. The molecule has 0 aliphatic carbocycles. The summed E-state index contributed by atoms with van der Waals surface area (Å²) in [5, 5.41) is 11.7. The van der Waals surface area contributed by atoms with E-state index in [9.17, 15) is 9.59 Å². The minimum absolute atomic E-state index is 0.186. The lowest BCUT2D eigenvalue weighted by molar-refractivity contribution is -0.142. The van der Waals surface area contributed by atoms with Crippen LogP contribution in [0.4, 0.5) is 0 Å². The van der Waals surface area contributed by atoms with Gasteiger partial charge in [-0.05, 0) is 42.5 Å². The average Bonchev–Trinajstić information content (AvgIpc) is 2.51. The third-order valence-electron chi connectivity index (χ3n) is 3.45. The molecule has 1 unspecified atom stereocenters. The van der Waals surface area contributed by atoms with Crippen LogP contribution in [0.2, 0.25) is 0 Å². The molecule has 23 heavy (non-hydrogen) atoms. The van der Waals surface area contributed by atoms with Crippen molar-refractivity contribution in [3.8, 4) is 11.5 Å². The van der Waals surface area contributed by atoms with Crippen LogP contribution in [0, 0.1) is 5.92 Å². The highest BCUT2D eigenvalue weighted by molar-refractivity contribution is 5.83. The first-order valence-corrected chi connectivity index (χ1v) is 7.60. The first kappa shape index (κ1) is 18.8. The zero-order chi connectivity index (χ0) is 17.4. The van der Waals surface area contributed by atoms with Crippen molar-refractivity contribution in [1.29, 1.82) is 0 Å². The molecule has 0 saturated heterocycles. The molecule has 1 aromatic carbocycles. The molecule has 0 aliphatic rings. The zero-order valence-electron chi connectivity index (χ0n) is 14.1. The molecule has 6 heteroatoms. The van der Waals surface area contributed by atoms with Gasteiger partial charge in [0, 0.05) is 6.42 Å². The Labute approximate surface area is 136 Å². The number of benzene rings is 1. The molecule has 0 spiro atoms. The maximum absolute atomic E-state index is 12.0. The summed E-state index contributed by atoms with van der Waals surface area (Å²) in [6.07, 6.45) is 1.04. The Morgan fingerprint density at radius 3 is 2.43 bits per heavy atom. The highest BCUT2D eigenvalue weighted by atomic mass is 16.5. The number of hydrogen-bond donors (Lipinski definition) is 2. The third kappa shape index (κ3) is 6.18. The lowest BCUT2D eigenvalue weighted by Crippen LogP contribution is -2.41. The van der Waals surface area contributed by atoms with E-state index in [-0.39, 0.29) is 18.2 Å². The first-order chi connectivity index (χ1) is 10.9. The van der Waals surface area contributed by atoms with Crippen molar-refractivity contribution in [3.05, 3.63) is 23.8 Å². The van der Waals surface area contributed by atoms with Crippen molar-refractivity contribution in [2.75, 3.05) is 14.2 Å². The van der Waals surface area contributed by atoms with Gasteiger partial charge in [0.2, 0.25) is 5.91 Å². The van der Waals surface area contributed by atoms with E-state index in [1.54, 1.807) is 26.4 Å². The predicted octanol–water partition coefficient (Wildman–Crippen LogP) is 2.25. The Morgan fingerprint density at radius 2 is 1.91 bits per heavy atom. The summed E-state index contributed by atoms with van der Waals surface area (Å²) in [7, 11) is 3.14. The van der Waals surface area contributed by atoms with Gasteiger partial charge in [0.05, 0.1) is 14.2 Å². The molecule has 128 valence electrons. The number of carbonyl (C=O) groups is 2. The number of ether oxygens (including phenoxy) is 2. The largest absolute Gasteiger partial charge is 0.497 e. The summed E-state index contributed by atoms with van der Waals surface area (Å²) in [5.41, 5.74) is 0.845. The van der Waals surface area contributed by atoms with Crippen LogP contribution in [-0.4, -0.2) is 37.2 Å². The number of rotatable bonds is 9. The predicted molar refractivity (Wildman–Crippen MR) is 86.9 cm³/mol. The molecular formula is C17H25NO5. The van der Waals surface area contributed by atoms with Gasteiger partial charge in [-0.1, -0.05) is 13.8 Å². The highest BCUT2D eigenvalue weighted by Gasteiger charge is 2.21. The van der Waals surface area contributed by atoms with Gasteiger partial charge in [-0.3, -0.25) is 4.79 Å². The number of aliphatic carboxylic acids is 1. The number of hydrogen-bond acceptors (Lipinski definition) is 4. The number of amides is 1. The van der Waals surface area contributed by atoms with E-state index >= 15 is 0 Å². The average molecular weight is 323 g/mol. The van der Waals surface area contributed by atoms with Crippen molar-refractivity contribution in [2.45, 2.75) is 39.2 Å². The monoisotopic (exact) mass is 323 g/mol. The van der Waals surface area contributed by atoms with E-state index in [4.69, 9.17) is 14.6 Å². The number of carboxylic acid groups (broad SMARTS) is 1. The molecule has 0 heterocycles. The second kappa shape index (κ2) is 9.02. The molecule has 0 aromatic heterocycles. The van der Waals surface area contributed by atoms with Gasteiger partial charge in [-0.15, -0.1) is 0 Å². The van der Waals surface area contributed by atoms with Crippen molar-refractivity contribution in [2.24, 2.45) is 5.92 Å². The second-order valence-corrected chi connectivity index (χ2v) is 5.77. The SMILES string of the molecule is COc1ccc(OC)c(CCC(=O)NC(CC(C)C)C(=O)O)c1. The van der Waals surface area contributed by atoms with Gasteiger partial charge in [-0.2, -0.15) is 0 Å². The van der Waals surface area contributed by atoms with Crippen LogP contribution in [0.1, 0.15) is 32.3 Å². The highest BCUT2D eigenvalue weighted by Crippen LogP contribution is 2.25. The molecule has 0 bridgehead atoms.